The van der Waals surface area contributed by atoms with E-state index in [1.165, 1.54) is 18.4 Å². The van der Waals surface area contributed by atoms with Gasteiger partial charge in [-0.3, -0.25) is 9.69 Å². The van der Waals surface area contributed by atoms with Crippen LogP contribution in [0.5, 0.6) is 6.01 Å². The van der Waals surface area contributed by atoms with Gasteiger partial charge in [0, 0.05) is 35.2 Å². The molecule has 48 heavy (non-hydrogen) atoms. The summed E-state index contributed by atoms with van der Waals surface area (Å²) in [6, 6.07) is 6.55. The smallest absolute Gasteiger partial charge is 0.319 e. The number of carbonyl (C=O) groups is 1. The molecule has 4 saturated heterocycles. The fourth-order valence-electron chi connectivity index (χ4n) is 8.53. The average Bonchev–Trinajstić information content (AvgIpc) is 3.90. The molecule has 2 atom stereocenters. The van der Waals surface area contributed by atoms with Crippen molar-refractivity contribution in [3.63, 3.8) is 0 Å². The molecule has 5 aromatic rings. The molecule has 0 aliphatic carbocycles. The maximum absolute atomic E-state index is 17.4. The monoisotopic (exact) mass is 672 g/mol. The molecule has 248 valence electrons. The van der Waals surface area contributed by atoms with Crippen LogP contribution < -0.4 is 21.1 Å². The van der Waals surface area contributed by atoms with Crippen molar-refractivity contribution in [3.05, 3.63) is 48.4 Å². The number of thiazole rings is 1. The number of carbonyl (C=O) groups excluding carboxylic acids is 1. The van der Waals surface area contributed by atoms with E-state index in [2.05, 4.69) is 14.8 Å². The summed E-state index contributed by atoms with van der Waals surface area (Å²) in [7, 11) is 0. The SMILES string of the molecule is NCC(=O)N1CCC2[C@H]1CN2c1nc(OCC23CCCN2CCC3)nc2c(F)c(-c3ccc(F)c4sc(N)nc34)c(-c3ccoc3)cc12. The van der Waals surface area contributed by atoms with E-state index in [0.29, 0.717) is 47.6 Å². The molecule has 11 nitrogen and oxygen atoms in total. The van der Waals surface area contributed by atoms with E-state index >= 15 is 4.39 Å². The first kappa shape index (κ1) is 29.7. The fourth-order valence-corrected chi connectivity index (χ4v) is 9.29. The van der Waals surface area contributed by atoms with Crippen LogP contribution in [0.2, 0.25) is 0 Å². The Morgan fingerprint density at radius 1 is 1.06 bits per heavy atom. The van der Waals surface area contributed by atoms with E-state index < -0.39 is 11.6 Å². The molecule has 2 aromatic carbocycles. The normalized spacial score (nSPS) is 21.6. The van der Waals surface area contributed by atoms with Crippen LogP contribution >= 0.6 is 11.3 Å². The maximum atomic E-state index is 17.4. The van der Waals surface area contributed by atoms with Gasteiger partial charge in [0.25, 0.3) is 0 Å². The Labute approximate surface area is 278 Å². The number of halogens is 2. The van der Waals surface area contributed by atoms with Gasteiger partial charge in [-0.25, -0.2) is 13.8 Å². The first-order valence-corrected chi connectivity index (χ1v) is 17.2. The summed E-state index contributed by atoms with van der Waals surface area (Å²) in [6.07, 6.45) is 8.11. The molecule has 3 aromatic heterocycles. The van der Waals surface area contributed by atoms with Gasteiger partial charge in [0.05, 0.1) is 46.9 Å². The number of ether oxygens (including phenoxy) is 1. The molecular formula is C34H34F2N8O3S. The standard InChI is InChI=1S/C34H34F2N8O3S/c35-22-4-3-19(29-30(22)48-32(38)39-29)26-20(18-6-12-46-16-18)13-21-28(27(26)36)40-33(47-17-34-7-1-9-42(34)10-2-8-34)41-31(21)44-15-24-23(44)5-11-43(24)25(45)14-37/h3-4,6,12-13,16,23-24H,1-2,5,7-11,14-15,17,37H2,(H2,38,39)/t23?,24-/m1/s1. The Balaban J connectivity index is 1.23. The largest absolute Gasteiger partial charge is 0.472 e. The first-order chi connectivity index (χ1) is 23.3. The van der Waals surface area contributed by atoms with Gasteiger partial charge in [-0.2, -0.15) is 9.97 Å². The second kappa shape index (κ2) is 11.1. The number of hydrogen-bond acceptors (Lipinski definition) is 11. The number of aromatic nitrogens is 3. The number of amides is 1. The maximum Gasteiger partial charge on any atom is 0.319 e. The molecular weight excluding hydrogens is 638 g/mol. The van der Waals surface area contributed by atoms with Gasteiger partial charge < -0.3 is 30.4 Å². The van der Waals surface area contributed by atoms with E-state index in [1.807, 2.05) is 11.0 Å². The third-order valence-corrected chi connectivity index (χ3v) is 11.7. The van der Waals surface area contributed by atoms with E-state index in [0.717, 1.165) is 56.5 Å². The third-order valence-electron chi connectivity index (χ3n) is 10.8. The summed E-state index contributed by atoms with van der Waals surface area (Å²) < 4.78 is 44.4. The van der Waals surface area contributed by atoms with E-state index in [9.17, 15) is 9.18 Å². The van der Waals surface area contributed by atoms with E-state index in [-0.39, 0.29) is 62.5 Å². The summed E-state index contributed by atoms with van der Waals surface area (Å²) in [6.45, 7) is 3.60. The quantitative estimate of drug-likeness (QED) is 0.248. The van der Waals surface area contributed by atoms with Gasteiger partial charge in [0.2, 0.25) is 5.91 Å². The molecule has 4 N–H and O–H groups in total. The van der Waals surface area contributed by atoms with Crippen molar-refractivity contribution in [1.82, 2.24) is 24.8 Å². The van der Waals surface area contributed by atoms with Crippen LogP contribution in [0, 0.1) is 11.6 Å². The summed E-state index contributed by atoms with van der Waals surface area (Å²) in [4.78, 5) is 33.1. The van der Waals surface area contributed by atoms with Gasteiger partial charge in [-0.15, -0.1) is 0 Å². The minimum Gasteiger partial charge on any atom is -0.472 e. The van der Waals surface area contributed by atoms with Crippen molar-refractivity contribution >= 4 is 49.3 Å². The molecule has 7 heterocycles. The lowest BCUT2D eigenvalue weighted by molar-refractivity contribution is -0.131. The molecule has 4 aliphatic rings. The van der Waals surface area contributed by atoms with Crippen molar-refractivity contribution in [2.24, 2.45) is 5.73 Å². The number of fused-ring (bicyclic) bond motifs is 4. The fraction of sp³-hybridized carbons (Fsp3) is 0.412. The minimum atomic E-state index is -0.610. The molecule has 1 unspecified atom stereocenters. The zero-order valence-electron chi connectivity index (χ0n) is 26.1. The predicted molar refractivity (Wildman–Crippen MR) is 179 cm³/mol. The Bertz CT molecular complexity index is 2080. The summed E-state index contributed by atoms with van der Waals surface area (Å²) >= 11 is 1.02. The van der Waals surface area contributed by atoms with E-state index in [1.54, 1.807) is 12.3 Å². The molecule has 4 aliphatic heterocycles. The lowest BCUT2D eigenvalue weighted by Gasteiger charge is -2.47. The number of likely N-dealkylation sites (tertiary alicyclic amines) is 1. The number of rotatable bonds is 7. The number of anilines is 2. The number of nitrogens with zero attached hydrogens (tertiary/aromatic N) is 6. The van der Waals surface area contributed by atoms with Gasteiger partial charge in [0.1, 0.15) is 23.8 Å². The van der Waals surface area contributed by atoms with Crippen LogP contribution in [0.4, 0.5) is 19.7 Å². The molecule has 14 heteroatoms. The lowest BCUT2D eigenvalue weighted by Crippen LogP contribution is -2.63. The van der Waals surface area contributed by atoms with Crippen LogP contribution in [-0.2, 0) is 4.79 Å². The van der Waals surface area contributed by atoms with Crippen molar-refractivity contribution in [3.8, 4) is 28.3 Å². The summed E-state index contributed by atoms with van der Waals surface area (Å²) in [5.74, 6) is -0.626. The highest BCUT2D eigenvalue weighted by Crippen LogP contribution is 2.47. The van der Waals surface area contributed by atoms with Gasteiger partial charge in [-0.1, -0.05) is 11.3 Å². The Morgan fingerprint density at radius 2 is 1.90 bits per heavy atom. The van der Waals surface area contributed by atoms with Crippen molar-refractivity contribution < 1.29 is 22.7 Å². The predicted octanol–water partition coefficient (Wildman–Crippen LogP) is 4.78. The lowest BCUT2D eigenvalue weighted by atomic mass is 9.91. The van der Waals surface area contributed by atoms with Crippen LogP contribution in [0.15, 0.2) is 41.2 Å². The van der Waals surface area contributed by atoms with Crippen molar-refractivity contribution in [1.29, 1.82) is 0 Å². The number of nitrogen functional groups attached to an aromatic ring is 1. The van der Waals surface area contributed by atoms with Crippen molar-refractivity contribution in [2.75, 3.05) is 50.0 Å². The van der Waals surface area contributed by atoms with Gasteiger partial charge in [0.15, 0.2) is 10.9 Å². The summed E-state index contributed by atoms with van der Waals surface area (Å²) in [5.41, 5.74) is 13.8. The summed E-state index contributed by atoms with van der Waals surface area (Å²) in [5, 5.41) is 0.681. The minimum absolute atomic E-state index is 0.0000162. The zero-order chi connectivity index (χ0) is 32.7. The average molecular weight is 673 g/mol. The number of nitrogens with two attached hydrogens (primary N) is 2. The van der Waals surface area contributed by atoms with Gasteiger partial charge in [-0.05, 0) is 75.0 Å². The topological polar surface area (TPSA) is 140 Å². The molecule has 9 rings (SSSR count). The van der Waals surface area contributed by atoms with E-state index in [4.69, 9.17) is 30.6 Å². The highest BCUT2D eigenvalue weighted by atomic mass is 32.1. The second-order valence-electron chi connectivity index (χ2n) is 13.3. The zero-order valence-corrected chi connectivity index (χ0v) is 26.9. The van der Waals surface area contributed by atoms with Gasteiger partial charge >= 0.3 is 6.01 Å². The Hall–Kier alpha value is -4.40. The van der Waals surface area contributed by atoms with Crippen molar-refractivity contribution in [2.45, 2.75) is 49.7 Å². The molecule has 4 fully saturated rings. The molecule has 0 bridgehead atoms. The second-order valence-corrected chi connectivity index (χ2v) is 14.3. The molecule has 1 amide bonds. The third kappa shape index (κ3) is 4.42. The highest BCUT2D eigenvalue weighted by molar-refractivity contribution is 7.22. The number of furan rings is 1. The van der Waals surface area contributed by atoms with Crippen LogP contribution in [-0.4, -0.2) is 87.6 Å². The molecule has 0 radical (unpaired) electrons. The number of benzene rings is 2. The number of hydrogen-bond donors (Lipinski definition) is 2. The highest BCUT2D eigenvalue weighted by Gasteiger charge is 2.50. The van der Waals surface area contributed by atoms with Crippen LogP contribution in [0.1, 0.15) is 32.1 Å². The van der Waals surface area contributed by atoms with Crippen LogP contribution in [0.25, 0.3) is 43.4 Å². The first-order valence-electron chi connectivity index (χ1n) is 16.4. The van der Waals surface area contributed by atoms with Crippen LogP contribution in [0.3, 0.4) is 0 Å². The molecule has 0 saturated carbocycles. The Kier molecular flexibility index (Phi) is 6.85. The molecule has 0 spiro atoms. The Morgan fingerprint density at radius 3 is 2.67 bits per heavy atom.